The Bertz CT molecular complexity index is 263. The lowest BCUT2D eigenvalue weighted by Crippen LogP contribution is -2.05. The number of rotatable bonds is 3. The molecule has 0 aliphatic heterocycles. The van der Waals surface area contributed by atoms with Crippen molar-refractivity contribution in [1.82, 2.24) is 5.32 Å². The molecule has 0 saturated heterocycles. The van der Waals surface area contributed by atoms with E-state index in [9.17, 15) is 4.39 Å². The molecule has 0 atom stereocenters. The first-order chi connectivity index (χ1) is 5.76. The summed E-state index contributed by atoms with van der Waals surface area (Å²) in [7, 11) is 3.34. The summed E-state index contributed by atoms with van der Waals surface area (Å²) in [6.45, 7) is 0.647. The van der Waals surface area contributed by atoms with Crippen LogP contribution in [0.25, 0.3) is 0 Å². The maximum absolute atomic E-state index is 12.8. The van der Waals surface area contributed by atoms with Crippen molar-refractivity contribution in [2.45, 2.75) is 6.54 Å². The van der Waals surface area contributed by atoms with Gasteiger partial charge in [0.05, 0.1) is 7.11 Å². The summed E-state index contributed by atoms with van der Waals surface area (Å²) in [6, 6.07) is 4.65. The minimum Gasteiger partial charge on any atom is -0.497 e. The first kappa shape index (κ1) is 9.00. The average molecular weight is 169 g/mol. The van der Waals surface area contributed by atoms with Crippen LogP contribution in [-0.2, 0) is 6.54 Å². The van der Waals surface area contributed by atoms with Crippen LogP contribution in [0.4, 0.5) is 4.39 Å². The Morgan fingerprint density at radius 1 is 1.42 bits per heavy atom. The second-order valence-corrected chi connectivity index (χ2v) is 2.53. The summed E-state index contributed by atoms with van der Waals surface area (Å²) in [6.07, 6.45) is 0. The second kappa shape index (κ2) is 4.07. The average Bonchev–Trinajstić information content (AvgIpc) is 2.04. The molecular weight excluding hydrogens is 157 g/mol. The normalized spacial score (nSPS) is 9.92. The van der Waals surface area contributed by atoms with Crippen LogP contribution >= 0.6 is 0 Å². The van der Waals surface area contributed by atoms with Gasteiger partial charge in [0.15, 0.2) is 0 Å². The highest BCUT2D eigenvalue weighted by Gasteiger charge is 1.99. The van der Waals surface area contributed by atoms with E-state index >= 15 is 0 Å². The van der Waals surface area contributed by atoms with Gasteiger partial charge in [-0.05, 0) is 24.7 Å². The van der Waals surface area contributed by atoms with Crippen molar-refractivity contribution in [2.24, 2.45) is 0 Å². The van der Waals surface area contributed by atoms with Gasteiger partial charge in [-0.3, -0.25) is 0 Å². The van der Waals surface area contributed by atoms with Gasteiger partial charge in [0, 0.05) is 12.6 Å². The fourth-order valence-corrected chi connectivity index (χ4v) is 1.04. The molecule has 0 aromatic heterocycles. The van der Waals surface area contributed by atoms with Crippen LogP contribution in [0.3, 0.4) is 0 Å². The zero-order valence-corrected chi connectivity index (χ0v) is 7.23. The van der Waals surface area contributed by atoms with Crippen molar-refractivity contribution >= 4 is 0 Å². The molecule has 66 valence electrons. The Morgan fingerprint density at radius 2 is 2.17 bits per heavy atom. The molecule has 0 radical (unpaired) electrons. The van der Waals surface area contributed by atoms with E-state index in [2.05, 4.69) is 5.32 Å². The maximum atomic E-state index is 12.8. The molecule has 1 N–H and O–H groups in total. The summed E-state index contributed by atoms with van der Waals surface area (Å²) < 4.78 is 17.7. The lowest BCUT2D eigenvalue weighted by atomic mass is 10.2. The Balaban J connectivity index is 2.90. The van der Waals surface area contributed by atoms with Gasteiger partial charge in [-0.1, -0.05) is 0 Å². The Morgan fingerprint density at radius 3 is 2.75 bits per heavy atom. The minimum atomic E-state index is -0.264. The van der Waals surface area contributed by atoms with Crippen LogP contribution in [-0.4, -0.2) is 14.2 Å². The smallest absolute Gasteiger partial charge is 0.127 e. The Kier molecular flexibility index (Phi) is 3.05. The minimum absolute atomic E-state index is 0.264. The molecule has 0 spiro atoms. The van der Waals surface area contributed by atoms with Crippen molar-refractivity contribution in [2.75, 3.05) is 14.2 Å². The summed E-state index contributed by atoms with van der Waals surface area (Å²) in [5.74, 6) is 0.292. The fourth-order valence-electron chi connectivity index (χ4n) is 1.04. The first-order valence-corrected chi connectivity index (χ1v) is 3.74. The van der Waals surface area contributed by atoms with Gasteiger partial charge >= 0.3 is 0 Å². The SMILES string of the molecule is CNCc1cc(F)cc(OC)c1. The number of hydrogen-bond donors (Lipinski definition) is 1. The molecule has 0 heterocycles. The van der Waals surface area contributed by atoms with E-state index in [4.69, 9.17) is 4.74 Å². The molecule has 0 bridgehead atoms. The van der Waals surface area contributed by atoms with E-state index in [1.807, 2.05) is 7.05 Å². The third-order valence-electron chi connectivity index (χ3n) is 1.55. The molecule has 0 fully saturated rings. The Labute approximate surface area is 71.4 Å². The van der Waals surface area contributed by atoms with Gasteiger partial charge in [-0.15, -0.1) is 0 Å². The molecular formula is C9H12FNO. The monoisotopic (exact) mass is 169 g/mol. The third kappa shape index (κ3) is 2.20. The molecule has 0 amide bonds. The van der Waals surface area contributed by atoms with Crippen LogP contribution in [0.1, 0.15) is 5.56 Å². The third-order valence-corrected chi connectivity index (χ3v) is 1.55. The first-order valence-electron chi connectivity index (χ1n) is 3.74. The van der Waals surface area contributed by atoms with Crippen LogP contribution in [0.2, 0.25) is 0 Å². The summed E-state index contributed by atoms with van der Waals surface area (Å²) in [4.78, 5) is 0. The van der Waals surface area contributed by atoms with Gasteiger partial charge in [0.1, 0.15) is 11.6 Å². The van der Waals surface area contributed by atoms with Crippen molar-refractivity contribution in [1.29, 1.82) is 0 Å². The zero-order chi connectivity index (χ0) is 8.97. The van der Waals surface area contributed by atoms with E-state index < -0.39 is 0 Å². The lowest BCUT2D eigenvalue weighted by molar-refractivity contribution is 0.410. The molecule has 0 aliphatic carbocycles. The summed E-state index contributed by atoms with van der Waals surface area (Å²) in [5, 5.41) is 2.94. The number of hydrogen-bond acceptors (Lipinski definition) is 2. The summed E-state index contributed by atoms with van der Waals surface area (Å²) in [5.41, 5.74) is 0.884. The molecule has 1 aromatic rings. The largest absolute Gasteiger partial charge is 0.497 e. The van der Waals surface area contributed by atoms with Crippen LogP contribution in [0, 0.1) is 5.82 Å². The quantitative estimate of drug-likeness (QED) is 0.741. The fraction of sp³-hybridized carbons (Fsp3) is 0.333. The summed E-state index contributed by atoms with van der Waals surface area (Å²) >= 11 is 0. The predicted octanol–water partition coefficient (Wildman–Crippen LogP) is 1.55. The molecule has 0 aliphatic rings. The number of nitrogens with one attached hydrogen (secondary N) is 1. The molecule has 1 rings (SSSR count). The van der Waals surface area contributed by atoms with Crippen molar-refractivity contribution in [3.63, 3.8) is 0 Å². The maximum Gasteiger partial charge on any atom is 0.127 e. The van der Waals surface area contributed by atoms with Crippen LogP contribution in [0.5, 0.6) is 5.75 Å². The van der Waals surface area contributed by atoms with E-state index in [-0.39, 0.29) is 5.82 Å². The van der Waals surface area contributed by atoms with Crippen molar-refractivity contribution in [3.8, 4) is 5.75 Å². The van der Waals surface area contributed by atoms with E-state index in [0.717, 1.165) is 5.56 Å². The standard InChI is InChI=1S/C9H12FNO/c1-11-6-7-3-8(10)5-9(4-7)12-2/h3-5,11H,6H2,1-2H3. The number of ether oxygens (including phenoxy) is 1. The highest BCUT2D eigenvalue weighted by Crippen LogP contribution is 2.15. The highest BCUT2D eigenvalue weighted by atomic mass is 19.1. The number of benzene rings is 1. The van der Waals surface area contributed by atoms with Crippen LogP contribution in [0.15, 0.2) is 18.2 Å². The predicted molar refractivity (Wildman–Crippen MR) is 45.7 cm³/mol. The number of halogens is 1. The molecule has 12 heavy (non-hydrogen) atoms. The topological polar surface area (TPSA) is 21.3 Å². The highest BCUT2D eigenvalue weighted by molar-refractivity contribution is 5.29. The number of methoxy groups -OCH3 is 1. The van der Waals surface area contributed by atoms with Gasteiger partial charge < -0.3 is 10.1 Å². The van der Waals surface area contributed by atoms with Gasteiger partial charge in [-0.2, -0.15) is 0 Å². The molecule has 3 heteroatoms. The second-order valence-electron chi connectivity index (χ2n) is 2.53. The molecule has 1 aromatic carbocycles. The molecule has 0 unspecified atom stereocenters. The van der Waals surface area contributed by atoms with Gasteiger partial charge in [-0.25, -0.2) is 4.39 Å². The zero-order valence-electron chi connectivity index (χ0n) is 7.23. The molecule has 2 nitrogen and oxygen atoms in total. The van der Waals surface area contributed by atoms with E-state index in [1.165, 1.54) is 19.2 Å². The van der Waals surface area contributed by atoms with Gasteiger partial charge in [0.2, 0.25) is 0 Å². The molecule has 0 saturated carbocycles. The Hall–Kier alpha value is -1.09. The van der Waals surface area contributed by atoms with E-state index in [0.29, 0.717) is 12.3 Å². The lowest BCUT2D eigenvalue weighted by Gasteiger charge is -2.04. The van der Waals surface area contributed by atoms with Gasteiger partial charge in [0.25, 0.3) is 0 Å². The van der Waals surface area contributed by atoms with Crippen molar-refractivity contribution < 1.29 is 9.13 Å². The van der Waals surface area contributed by atoms with Crippen LogP contribution < -0.4 is 10.1 Å². The van der Waals surface area contributed by atoms with E-state index in [1.54, 1.807) is 6.07 Å². The van der Waals surface area contributed by atoms with Crippen molar-refractivity contribution in [3.05, 3.63) is 29.6 Å².